The number of alkyl halides is 3. The molecule has 0 saturated carbocycles. The Kier molecular flexibility index (Phi) is 6.73. The SMILES string of the molecule is Cc1nn(CCC(=O)NCCCn2nc(C(F)(F)F)c(Cl)c2C)cc1Br. The van der Waals surface area contributed by atoms with E-state index in [0.717, 1.165) is 10.2 Å². The first-order chi connectivity index (χ1) is 12.1. The van der Waals surface area contributed by atoms with Crippen molar-refractivity contribution in [3.8, 4) is 0 Å². The fourth-order valence-electron chi connectivity index (χ4n) is 2.29. The van der Waals surface area contributed by atoms with E-state index in [1.165, 1.54) is 11.6 Å². The third kappa shape index (κ3) is 5.23. The van der Waals surface area contributed by atoms with Gasteiger partial charge in [0.2, 0.25) is 5.91 Å². The number of aromatic nitrogens is 4. The van der Waals surface area contributed by atoms with E-state index in [-0.39, 0.29) is 29.6 Å². The molecule has 0 aromatic carbocycles. The molecule has 0 aliphatic heterocycles. The third-order valence-corrected chi connectivity index (χ3v) is 4.96. The zero-order valence-corrected chi connectivity index (χ0v) is 16.5. The van der Waals surface area contributed by atoms with Gasteiger partial charge in [-0.2, -0.15) is 23.4 Å². The fourth-order valence-corrected chi connectivity index (χ4v) is 2.85. The molecule has 26 heavy (non-hydrogen) atoms. The molecular formula is C15H18BrClF3N5O. The van der Waals surface area contributed by atoms with Crippen LogP contribution in [0.1, 0.15) is 29.9 Å². The van der Waals surface area contributed by atoms with E-state index in [0.29, 0.717) is 19.5 Å². The molecule has 1 amide bonds. The van der Waals surface area contributed by atoms with Crippen LogP contribution in [0.3, 0.4) is 0 Å². The van der Waals surface area contributed by atoms with Crippen LogP contribution in [0.2, 0.25) is 5.02 Å². The first-order valence-corrected chi connectivity index (χ1v) is 9.03. The molecular weight excluding hydrogens is 439 g/mol. The highest BCUT2D eigenvalue weighted by Gasteiger charge is 2.38. The second-order valence-electron chi connectivity index (χ2n) is 5.75. The van der Waals surface area contributed by atoms with Crippen molar-refractivity contribution >= 4 is 33.4 Å². The monoisotopic (exact) mass is 455 g/mol. The fraction of sp³-hybridized carbons (Fsp3) is 0.533. The Balaban J connectivity index is 1.75. The van der Waals surface area contributed by atoms with Gasteiger partial charge in [-0.1, -0.05) is 11.6 Å². The Hall–Kier alpha value is -1.55. The van der Waals surface area contributed by atoms with Crippen LogP contribution in [-0.2, 0) is 24.1 Å². The zero-order chi connectivity index (χ0) is 19.5. The molecule has 144 valence electrons. The number of aryl methyl sites for hydroxylation is 3. The van der Waals surface area contributed by atoms with Crippen molar-refractivity contribution in [3.63, 3.8) is 0 Å². The number of carbonyl (C=O) groups excluding carboxylic acids is 1. The van der Waals surface area contributed by atoms with Gasteiger partial charge in [-0.3, -0.25) is 14.2 Å². The van der Waals surface area contributed by atoms with Gasteiger partial charge in [-0.05, 0) is 36.2 Å². The molecule has 0 spiro atoms. The standard InChI is InChI=1S/C15H18BrClF3N5O/c1-9-11(16)8-24(22-9)7-4-12(26)21-5-3-6-25-10(2)13(17)14(23-25)15(18,19)20/h8H,3-7H2,1-2H3,(H,21,26). The first kappa shape index (κ1) is 20.8. The smallest absolute Gasteiger partial charge is 0.356 e. The molecule has 0 unspecified atom stereocenters. The van der Waals surface area contributed by atoms with Crippen LogP contribution >= 0.6 is 27.5 Å². The molecule has 2 aromatic heterocycles. The predicted octanol–water partition coefficient (Wildman–Crippen LogP) is 3.73. The van der Waals surface area contributed by atoms with Crippen LogP contribution < -0.4 is 5.32 Å². The minimum Gasteiger partial charge on any atom is -0.356 e. The summed E-state index contributed by atoms with van der Waals surface area (Å²) in [7, 11) is 0. The van der Waals surface area contributed by atoms with Gasteiger partial charge >= 0.3 is 6.18 Å². The van der Waals surface area contributed by atoms with E-state index >= 15 is 0 Å². The molecule has 2 aromatic rings. The minimum absolute atomic E-state index is 0.152. The van der Waals surface area contributed by atoms with Crippen LogP contribution in [0, 0.1) is 13.8 Å². The Labute approximate surface area is 161 Å². The van der Waals surface area contributed by atoms with Gasteiger partial charge in [0.15, 0.2) is 5.69 Å². The maximum atomic E-state index is 12.8. The van der Waals surface area contributed by atoms with Gasteiger partial charge in [-0.25, -0.2) is 0 Å². The van der Waals surface area contributed by atoms with Gasteiger partial charge in [0.25, 0.3) is 0 Å². The lowest BCUT2D eigenvalue weighted by molar-refractivity contribution is -0.141. The van der Waals surface area contributed by atoms with Crippen molar-refractivity contribution < 1.29 is 18.0 Å². The lowest BCUT2D eigenvalue weighted by atomic mass is 10.3. The summed E-state index contributed by atoms with van der Waals surface area (Å²) in [5.74, 6) is -0.152. The van der Waals surface area contributed by atoms with E-state index in [1.54, 1.807) is 10.9 Å². The second-order valence-corrected chi connectivity index (χ2v) is 6.98. The molecule has 0 atom stereocenters. The summed E-state index contributed by atoms with van der Waals surface area (Å²) >= 11 is 9.04. The van der Waals surface area contributed by atoms with Gasteiger partial charge in [0, 0.05) is 32.3 Å². The van der Waals surface area contributed by atoms with E-state index in [9.17, 15) is 18.0 Å². The average molecular weight is 457 g/mol. The Morgan fingerprint density at radius 1 is 1.31 bits per heavy atom. The lowest BCUT2D eigenvalue weighted by Crippen LogP contribution is -2.26. The number of hydrogen-bond acceptors (Lipinski definition) is 3. The van der Waals surface area contributed by atoms with Gasteiger partial charge in [-0.15, -0.1) is 0 Å². The highest BCUT2D eigenvalue weighted by Crippen LogP contribution is 2.35. The number of nitrogens with one attached hydrogen (secondary N) is 1. The van der Waals surface area contributed by atoms with Crippen molar-refractivity contribution in [2.75, 3.05) is 6.54 Å². The molecule has 11 heteroatoms. The maximum Gasteiger partial charge on any atom is 0.436 e. The van der Waals surface area contributed by atoms with Crippen molar-refractivity contribution in [2.45, 2.75) is 46.0 Å². The number of amides is 1. The van der Waals surface area contributed by atoms with Crippen LogP contribution in [-0.4, -0.2) is 32.0 Å². The van der Waals surface area contributed by atoms with Crippen molar-refractivity contribution in [2.24, 2.45) is 0 Å². The van der Waals surface area contributed by atoms with E-state index < -0.39 is 11.9 Å². The van der Waals surface area contributed by atoms with E-state index in [4.69, 9.17) is 11.6 Å². The van der Waals surface area contributed by atoms with E-state index in [2.05, 4.69) is 31.4 Å². The molecule has 0 radical (unpaired) electrons. The molecule has 0 bridgehead atoms. The molecule has 0 fully saturated rings. The summed E-state index contributed by atoms with van der Waals surface area (Å²) in [5.41, 5.74) is 0.0169. The summed E-state index contributed by atoms with van der Waals surface area (Å²) in [4.78, 5) is 11.8. The van der Waals surface area contributed by atoms with Gasteiger partial charge in [0.1, 0.15) is 0 Å². The molecule has 0 aliphatic carbocycles. The normalized spacial score (nSPS) is 11.8. The quantitative estimate of drug-likeness (QED) is 0.646. The zero-order valence-electron chi connectivity index (χ0n) is 14.2. The number of halogens is 5. The van der Waals surface area contributed by atoms with Crippen molar-refractivity contribution in [1.82, 2.24) is 24.9 Å². The summed E-state index contributed by atoms with van der Waals surface area (Å²) in [6.45, 7) is 4.34. The topological polar surface area (TPSA) is 64.7 Å². The average Bonchev–Trinajstić information content (AvgIpc) is 3.02. The van der Waals surface area contributed by atoms with Gasteiger partial charge < -0.3 is 5.32 Å². The molecule has 2 heterocycles. The second kappa shape index (κ2) is 8.43. The number of hydrogen-bond donors (Lipinski definition) is 1. The Bertz CT molecular complexity index is 768. The Morgan fingerprint density at radius 3 is 2.54 bits per heavy atom. The molecule has 0 saturated heterocycles. The number of nitrogens with zero attached hydrogens (tertiary/aromatic N) is 4. The van der Waals surface area contributed by atoms with Crippen molar-refractivity contribution in [3.05, 3.63) is 32.8 Å². The summed E-state index contributed by atoms with van der Waals surface area (Å²) < 4.78 is 42.0. The molecule has 0 aliphatic rings. The number of rotatable bonds is 7. The van der Waals surface area contributed by atoms with Gasteiger partial charge in [0.05, 0.1) is 20.9 Å². The van der Waals surface area contributed by atoms with Crippen LogP contribution in [0.25, 0.3) is 0 Å². The van der Waals surface area contributed by atoms with Crippen LogP contribution in [0.4, 0.5) is 13.2 Å². The predicted molar refractivity (Wildman–Crippen MR) is 93.9 cm³/mol. The summed E-state index contributed by atoms with van der Waals surface area (Å²) in [5, 5.41) is 10.1. The highest BCUT2D eigenvalue weighted by molar-refractivity contribution is 9.10. The molecule has 1 N–H and O–H groups in total. The summed E-state index contributed by atoms with van der Waals surface area (Å²) in [6.07, 6.45) is -2.08. The lowest BCUT2D eigenvalue weighted by Gasteiger charge is -2.07. The van der Waals surface area contributed by atoms with E-state index in [1.807, 2.05) is 6.92 Å². The largest absolute Gasteiger partial charge is 0.436 e. The summed E-state index contributed by atoms with van der Waals surface area (Å²) in [6, 6.07) is 0. The highest BCUT2D eigenvalue weighted by atomic mass is 79.9. The molecule has 6 nitrogen and oxygen atoms in total. The maximum absolute atomic E-state index is 12.8. The van der Waals surface area contributed by atoms with Crippen LogP contribution in [0.15, 0.2) is 10.7 Å². The van der Waals surface area contributed by atoms with Crippen molar-refractivity contribution in [1.29, 1.82) is 0 Å². The first-order valence-electron chi connectivity index (χ1n) is 7.86. The van der Waals surface area contributed by atoms with Crippen LogP contribution in [0.5, 0.6) is 0 Å². The minimum atomic E-state index is -4.58. The number of carbonyl (C=O) groups is 1. The molecule has 2 rings (SSSR count). The Morgan fingerprint density at radius 2 is 2.00 bits per heavy atom. The third-order valence-electron chi connectivity index (χ3n) is 3.73.